The van der Waals surface area contributed by atoms with Gasteiger partial charge in [-0.15, -0.1) is 0 Å². The maximum atomic E-state index is 6.35. The highest BCUT2D eigenvalue weighted by molar-refractivity contribution is 6.13. The van der Waals surface area contributed by atoms with Crippen LogP contribution >= 0.6 is 0 Å². The molecular weight excluding hydrogens is 526 g/mol. The molecule has 0 unspecified atom stereocenters. The van der Waals surface area contributed by atoms with Crippen LogP contribution in [0.3, 0.4) is 0 Å². The average Bonchev–Trinajstić information content (AvgIpc) is 3.47. The summed E-state index contributed by atoms with van der Waals surface area (Å²) in [6.45, 7) is 0. The molecule has 0 aliphatic carbocycles. The van der Waals surface area contributed by atoms with E-state index in [0.29, 0.717) is 17.5 Å². The van der Waals surface area contributed by atoms with Crippen molar-refractivity contribution in [3.8, 4) is 56.4 Å². The minimum Gasteiger partial charge on any atom is -0.456 e. The topological polar surface area (TPSA) is 51.8 Å². The van der Waals surface area contributed by atoms with Crippen molar-refractivity contribution < 1.29 is 4.42 Å². The van der Waals surface area contributed by atoms with Gasteiger partial charge in [-0.3, -0.25) is 0 Å². The van der Waals surface area contributed by atoms with Crippen LogP contribution < -0.4 is 0 Å². The molecule has 0 atom stereocenters. The quantitative estimate of drug-likeness (QED) is 0.214. The van der Waals surface area contributed by atoms with Crippen LogP contribution in [-0.4, -0.2) is 15.0 Å². The first-order chi connectivity index (χ1) is 21.3. The first kappa shape index (κ1) is 24.9. The summed E-state index contributed by atoms with van der Waals surface area (Å²) in [6.07, 6.45) is 0. The smallest absolute Gasteiger partial charge is 0.164 e. The van der Waals surface area contributed by atoms with Crippen LogP contribution in [0.1, 0.15) is 0 Å². The number of rotatable bonds is 5. The van der Waals surface area contributed by atoms with Crippen molar-refractivity contribution in [3.63, 3.8) is 0 Å². The van der Waals surface area contributed by atoms with Gasteiger partial charge < -0.3 is 4.42 Å². The molecule has 0 aliphatic heterocycles. The zero-order valence-corrected chi connectivity index (χ0v) is 23.2. The third kappa shape index (κ3) is 4.65. The van der Waals surface area contributed by atoms with Crippen molar-refractivity contribution in [1.29, 1.82) is 0 Å². The molecule has 8 rings (SSSR count). The molecule has 0 radical (unpaired) electrons. The SMILES string of the molecule is c1ccc(-c2cccc(-c3cccc4oc5ccc(-c6nc(-c7ccccc7)nc(-c7ccccc7)n6)cc5c34)c2)cc1. The Morgan fingerprint density at radius 3 is 1.53 bits per heavy atom. The van der Waals surface area contributed by atoms with E-state index in [0.717, 1.165) is 49.8 Å². The number of hydrogen-bond acceptors (Lipinski definition) is 4. The summed E-state index contributed by atoms with van der Waals surface area (Å²) in [6, 6.07) is 51.7. The molecule has 202 valence electrons. The zero-order chi connectivity index (χ0) is 28.6. The van der Waals surface area contributed by atoms with Gasteiger partial charge in [-0.1, -0.05) is 121 Å². The van der Waals surface area contributed by atoms with Gasteiger partial charge in [0.2, 0.25) is 0 Å². The van der Waals surface area contributed by atoms with E-state index >= 15 is 0 Å². The predicted octanol–water partition coefficient (Wildman–Crippen LogP) is 10.1. The standard InChI is InChI=1S/C39H25N3O/c1-4-12-26(13-5-1)29-18-10-19-30(24-29)32-20-11-21-35-36(32)33-25-31(22-23-34(33)43-35)39-41-37(27-14-6-2-7-15-27)40-38(42-39)28-16-8-3-9-17-28/h1-25H. The molecule has 0 bridgehead atoms. The summed E-state index contributed by atoms with van der Waals surface area (Å²) in [5.74, 6) is 1.90. The van der Waals surface area contributed by atoms with E-state index in [1.54, 1.807) is 0 Å². The normalized spacial score (nSPS) is 11.3. The molecule has 8 aromatic rings. The van der Waals surface area contributed by atoms with Crippen LogP contribution in [0.25, 0.3) is 78.4 Å². The lowest BCUT2D eigenvalue weighted by Gasteiger charge is -2.09. The molecule has 0 saturated carbocycles. The van der Waals surface area contributed by atoms with Gasteiger partial charge in [0.1, 0.15) is 11.2 Å². The number of aromatic nitrogens is 3. The van der Waals surface area contributed by atoms with Crippen molar-refractivity contribution in [1.82, 2.24) is 15.0 Å². The number of fused-ring (bicyclic) bond motifs is 3. The van der Waals surface area contributed by atoms with Gasteiger partial charge in [-0.2, -0.15) is 0 Å². The minimum atomic E-state index is 0.618. The second-order valence-corrected chi connectivity index (χ2v) is 10.5. The fourth-order valence-electron chi connectivity index (χ4n) is 5.64. The molecule has 0 N–H and O–H groups in total. The number of benzene rings is 6. The Labute approximate surface area is 249 Å². The molecule has 4 heteroatoms. The molecule has 0 spiro atoms. The summed E-state index contributed by atoms with van der Waals surface area (Å²) in [7, 11) is 0. The van der Waals surface area contributed by atoms with E-state index in [-0.39, 0.29) is 0 Å². The molecule has 2 aromatic heterocycles. The summed E-state index contributed by atoms with van der Waals surface area (Å²) < 4.78 is 6.35. The van der Waals surface area contributed by atoms with Crippen LogP contribution in [0.4, 0.5) is 0 Å². The molecule has 2 heterocycles. The lowest BCUT2D eigenvalue weighted by atomic mass is 9.95. The van der Waals surface area contributed by atoms with Crippen LogP contribution in [0, 0.1) is 0 Å². The molecule has 4 nitrogen and oxygen atoms in total. The lowest BCUT2D eigenvalue weighted by Crippen LogP contribution is -2.00. The van der Waals surface area contributed by atoms with E-state index in [1.807, 2.05) is 84.9 Å². The molecule has 0 aliphatic rings. The summed E-state index contributed by atoms with van der Waals surface area (Å²) in [5, 5.41) is 2.10. The average molecular weight is 552 g/mol. The van der Waals surface area contributed by atoms with Gasteiger partial charge in [0, 0.05) is 27.5 Å². The maximum Gasteiger partial charge on any atom is 0.164 e. The lowest BCUT2D eigenvalue weighted by molar-refractivity contribution is 0.669. The third-order valence-electron chi connectivity index (χ3n) is 7.73. The molecule has 0 amide bonds. The monoisotopic (exact) mass is 551 g/mol. The van der Waals surface area contributed by atoms with Crippen LogP contribution in [0.15, 0.2) is 156 Å². The largest absolute Gasteiger partial charge is 0.456 e. The highest BCUT2D eigenvalue weighted by Gasteiger charge is 2.17. The van der Waals surface area contributed by atoms with E-state index in [4.69, 9.17) is 19.4 Å². The first-order valence-corrected chi connectivity index (χ1v) is 14.3. The Morgan fingerprint density at radius 2 is 0.884 bits per heavy atom. The van der Waals surface area contributed by atoms with Gasteiger partial charge >= 0.3 is 0 Å². The fourth-order valence-corrected chi connectivity index (χ4v) is 5.64. The molecular formula is C39H25N3O. The van der Waals surface area contributed by atoms with Crippen LogP contribution in [-0.2, 0) is 0 Å². The predicted molar refractivity (Wildman–Crippen MR) is 174 cm³/mol. The fraction of sp³-hybridized carbons (Fsp3) is 0. The summed E-state index contributed by atoms with van der Waals surface area (Å²) in [4.78, 5) is 14.7. The Morgan fingerprint density at radius 1 is 0.349 bits per heavy atom. The van der Waals surface area contributed by atoms with Crippen molar-refractivity contribution in [2.75, 3.05) is 0 Å². The number of furan rings is 1. The van der Waals surface area contributed by atoms with Gasteiger partial charge in [0.25, 0.3) is 0 Å². The molecule has 43 heavy (non-hydrogen) atoms. The van der Waals surface area contributed by atoms with Crippen LogP contribution in [0.2, 0.25) is 0 Å². The van der Waals surface area contributed by atoms with Crippen LogP contribution in [0.5, 0.6) is 0 Å². The zero-order valence-electron chi connectivity index (χ0n) is 23.2. The highest BCUT2D eigenvalue weighted by atomic mass is 16.3. The van der Waals surface area contributed by atoms with Crippen molar-refractivity contribution >= 4 is 21.9 Å². The Bertz CT molecular complexity index is 2170. The Kier molecular flexibility index (Phi) is 6.08. The minimum absolute atomic E-state index is 0.618. The van der Waals surface area contributed by atoms with E-state index in [2.05, 4.69) is 66.7 Å². The molecule has 0 fully saturated rings. The van der Waals surface area contributed by atoms with Crippen molar-refractivity contribution in [2.24, 2.45) is 0 Å². The third-order valence-corrected chi connectivity index (χ3v) is 7.73. The number of hydrogen-bond donors (Lipinski definition) is 0. The second kappa shape index (κ2) is 10.5. The summed E-state index contributed by atoms with van der Waals surface area (Å²) in [5.41, 5.74) is 9.09. The van der Waals surface area contributed by atoms with Gasteiger partial charge in [0.05, 0.1) is 0 Å². The van der Waals surface area contributed by atoms with E-state index < -0.39 is 0 Å². The first-order valence-electron chi connectivity index (χ1n) is 14.3. The number of nitrogens with zero attached hydrogens (tertiary/aromatic N) is 3. The Balaban J connectivity index is 1.31. The molecule has 6 aromatic carbocycles. The van der Waals surface area contributed by atoms with Gasteiger partial charge in [0.15, 0.2) is 17.5 Å². The van der Waals surface area contributed by atoms with Crippen molar-refractivity contribution in [2.45, 2.75) is 0 Å². The van der Waals surface area contributed by atoms with E-state index in [1.165, 1.54) is 11.1 Å². The molecule has 0 saturated heterocycles. The van der Waals surface area contributed by atoms with E-state index in [9.17, 15) is 0 Å². The second-order valence-electron chi connectivity index (χ2n) is 10.5. The summed E-state index contributed by atoms with van der Waals surface area (Å²) >= 11 is 0. The highest BCUT2D eigenvalue weighted by Crippen LogP contribution is 2.39. The Hall–Kier alpha value is -5.87. The maximum absolute atomic E-state index is 6.35. The van der Waals surface area contributed by atoms with Gasteiger partial charge in [-0.05, 0) is 52.6 Å². The van der Waals surface area contributed by atoms with Crippen molar-refractivity contribution in [3.05, 3.63) is 152 Å². The van der Waals surface area contributed by atoms with Gasteiger partial charge in [-0.25, -0.2) is 15.0 Å².